The van der Waals surface area contributed by atoms with Crippen LogP contribution in [0.3, 0.4) is 0 Å². The lowest BCUT2D eigenvalue weighted by atomic mass is 10.1. The molecule has 0 aliphatic carbocycles. The summed E-state index contributed by atoms with van der Waals surface area (Å²) in [5.74, 6) is 0.0517. The first-order chi connectivity index (χ1) is 18.6. The van der Waals surface area contributed by atoms with E-state index in [-0.39, 0.29) is 18.0 Å². The van der Waals surface area contributed by atoms with Gasteiger partial charge in [0, 0.05) is 68.8 Å². The molecule has 5 rings (SSSR count). The molecule has 1 N–H and O–H groups in total. The number of hydrogen-bond donors (Lipinski definition) is 1. The van der Waals surface area contributed by atoms with Crippen molar-refractivity contribution in [1.82, 2.24) is 14.7 Å². The number of hydrogen-bond acceptors (Lipinski definition) is 5. The summed E-state index contributed by atoms with van der Waals surface area (Å²) in [6, 6.07) is 25.5. The van der Waals surface area contributed by atoms with Gasteiger partial charge in [-0.1, -0.05) is 60.7 Å². The number of amides is 2. The lowest BCUT2D eigenvalue weighted by Gasteiger charge is -2.34. The summed E-state index contributed by atoms with van der Waals surface area (Å²) in [6.45, 7) is 4.98. The van der Waals surface area contributed by atoms with Crippen LogP contribution >= 0.6 is 0 Å². The van der Waals surface area contributed by atoms with Crippen LogP contribution < -0.4 is 5.32 Å². The number of benzene rings is 3. The van der Waals surface area contributed by atoms with Gasteiger partial charge in [0.25, 0.3) is 11.8 Å². The number of carbonyl (C=O) groups is 2. The standard InChI is InChI=1S/C31H34N4O3/c1-38-23-22-35-29(27-11-5-6-12-28(27)31(35)37)32-26-15-13-25(14-16-26)30(36)34-20-18-33(19-21-34)17-7-10-24-8-3-2-4-9-24/h2-16,29,32H,17-23H2,1H3/b10-7+. The van der Waals surface area contributed by atoms with Gasteiger partial charge in [-0.25, -0.2) is 0 Å². The highest BCUT2D eigenvalue weighted by Gasteiger charge is 2.36. The molecule has 0 bridgehead atoms. The summed E-state index contributed by atoms with van der Waals surface area (Å²) < 4.78 is 5.22. The van der Waals surface area contributed by atoms with Crippen LogP contribution in [0.4, 0.5) is 5.69 Å². The Morgan fingerprint density at radius 3 is 2.39 bits per heavy atom. The largest absolute Gasteiger partial charge is 0.383 e. The van der Waals surface area contributed by atoms with Gasteiger partial charge in [-0.15, -0.1) is 0 Å². The van der Waals surface area contributed by atoms with Crippen LogP contribution in [0.25, 0.3) is 6.08 Å². The van der Waals surface area contributed by atoms with Crippen molar-refractivity contribution in [2.45, 2.75) is 6.17 Å². The third-order valence-electron chi connectivity index (χ3n) is 7.16. The average Bonchev–Trinajstić information content (AvgIpc) is 3.23. The molecular weight excluding hydrogens is 476 g/mol. The number of piperazine rings is 1. The molecule has 7 heteroatoms. The maximum Gasteiger partial charge on any atom is 0.256 e. The maximum atomic E-state index is 13.1. The molecule has 1 fully saturated rings. The van der Waals surface area contributed by atoms with Crippen molar-refractivity contribution >= 4 is 23.6 Å². The van der Waals surface area contributed by atoms with E-state index in [1.165, 1.54) is 5.56 Å². The summed E-state index contributed by atoms with van der Waals surface area (Å²) in [5.41, 5.74) is 4.39. The van der Waals surface area contributed by atoms with E-state index in [4.69, 9.17) is 4.74 Å². The van der Waals surface area contributed by atoms with E-state index in [9.17, 15) is 9.59 Å². The van der Waals surface area contributed by atoms with E-state index in [1.807, 2.05) is 71.6 Å². The highest BCUT2D eigenvalue weighted by molar-refractivity contribution is 5.99. The summed E-state index contributed by atoms with van der Waals surface area (Å²) in [6.07, 6.45) is 4.05. The zero-order valence-corrected chi connectivity index (χ0v) is 21.8. The Bertz CT molecular complexity index is 1270. The Morgan fingerprint density at radius 2 is 1.66 bits per heavy atom. The SMILES string of the molecule is COCCN1C(=O)c2ccccc2C1Nc1ccc(C(=O)N2CCN(C/C=C/c3ccccc3)CC2)cc1. The van der Waals surface area contributed by atoms with Crippen LogP contribution in [0.15, 0.2) is 84.9 Å². The maximum absolute atomic E-state index is 13.1. The van der Waals surface area contributed by atoms with Crippen LogP contribution in [-0.4, -0.2) is 79.5 Å². The number of nitrogens with zero attached hydrogens (tertiary/aromatic N) is 3. The zero-order chi connectivity index (χ0) is 26.3. The van der Waals surface area contributed by atoms with Gasteiger partial charge in [-0.2, -0.15) is 0 Å². The third-order valence-corrected chi connectivity index (χ3v) is 7.16. The van der Waals surface area contributed by atoms with E-state index in [0.29, 0.717) is 37.4 Å². The molecule has 2 aliphatic heterocycles. The van der Waals surface area contributed by atoms with Crippen molar-refractivity contribution < 1.29 is 14.3 Å². The van der Waals surface area contributed by atoms with Gasteiger partial charge in [0.2, 0.25) is 0 Å². The first-order valence-corrected chi connectivity index (χ1v) is 13.1. The van der Waals surface area contributed by atoms with Crippen molar-refractivity contribution in [2.24, 2.45) is 0 Å². The molecule has 0 aromatic heterocycles. The first-order valence-electron chi connectivity index (χ1n) is 13.1. The van der Waals surface area contributed by atoms with Crippen LogP contribution in [0, 0.1) is 0 Å². The van der Waals surface area contributed by atoms with Gasteiger partial charge in [-0.05, 0) is 35.9 Å². The number of fused-ring (bicyclic) bond motifs is 1. The minimum absolute atomic E-state index is 0.00311. The summed E-state index contributed by atoms with van der Waals surface area (Å²) in [7, 11) is 1.63. The molecule has 0 saturated carbocycles. The molecule has 1 unspecified atom stereocenters. The summed E-state index contributed by atoms with van der Waals surface area (Å²) in [4.78, 5) is 32.2. The number of ether oxygens (including phenoxy) is 1. The lowest BCUT2D eigenvalue weighted by Crippen LogP contribution is -2.48. The predicted octanol–water partition coefficient (Wildman–Crippen LogP) is 4.37. The second-order valence-corrected chi connectivity index (χ2v) is 9.61. The number of anilines is 1. The van der Waals surface area contributed by atoms with Crippen molar-refractivity contribution in [2.75, 3.05) is 58.3 Å². The van der Waals surface area contributed by atoms with Crippen LogP contribution in [0.5, 0.6) is 0 Å². The lowest BCUT2D eigenvalue weighted by molar-refractivity contribution is 0.0649. The van der Waals surface area contributed by atoms with Crippen molar-refractivity contribution in [3.05, 3.63) is 107 Å². The van der Waals surface area contributed by atoms with Crippen molar-refractivity contribution in [3.63, 3.8) is 0 Å². The van der Waals surface area contributed by atoms with Gasteiger partial charge >= 0.3 is 0 Å². The Balaban J connectivity index is 1.16. The summed E-state index contributed by atoms with van der Waals surface area (Å²) in [5, 5.41) is 3.48. The second kappa shape index (κ2) is 12.1. The van der Waals surface area contributed by atoms with Crippen LogP contribution in [0.2, 0.25) is 0 Å². The third kappa shape index (κ3) is 5.79. The van der Waals surface area contributed by atoms with Gasteiger partial charge in [0.1, 0.15) is 6.17 Å². The summed E-state index contributed by atoms with van der Waals surface area (Å²) >= 11 is 0. The van der Waals surface area contributed by atoms with Gasteiger partial charge < -0.3 is 19.9 Å². The van der Waals surface area contributed by atoms with Crippen molar-refractivity contribution in [3.8, 4) is 0 Å². The molecule has 2 aliphatic rings. The van der Waals surface area contributed by atoms with Crippen molar-refractivity contribution in [1.29, 1.82) is 0 Å². The van der Waals surface area contributed by atoms with Gasteiger partial charge in [0.05, 0.1) is 6.61 Å². The molecule has 1 atom stereocenters. The fourth-order valence-corrected chi connectivity index (χ4v) is 5.03. The predicted molar refractivity (Wildman–Crippen MR) is 150 cm³/mol. The molecule has 1 saturated heterocycles. The fourth-order valence-electron chi connectivity index (χ4n) is 5.03. The fraction of sp³-hybridized carbons (Fsp3) is 0.290. The van der Waals surface area contributed by atoms with E-state index in [2.05, 4.69) is 34.5 Å². The van der Waals surface area contributed by atoms with E-state index >= 15 is 0 Å². The molecule has 2 amide bonds. The minimum Gasteiger partial charge on any atom is -0.383 e. The first kappa shape index (κ1) is 25.7. The molecule has 38 heavy (non-hydrogen) atoms. The minimum atomic E-state index is -0.278. The van der Waals surface area contributed by atoms with Crippen LogP contribution in [0.1, 0.15) is 38.0 Å². The van der Waals surface area contributed by atoms with Gasteiger partial charge in [-0.3, -0.25) is 14.5 Å². The van der Waals surface area contributed by atoms with Gasteiger partial charge in [0.15, 0.2) is 0 Å². The zero-order valence-electron chi connectivity index (χ0n) is 21.8. The smallest absolute Gasteiger partial charge is 0.256 e. The topological polar surface area (TPSA) is 65.1 Å². The number of nitrogens with one attached hydrogen (secondary N) is 1. The normalized spacial score (nSPS) is 17.7. The molecule has 2 heterocycles. The Morgan fingerprint density at radius 1 is 0.947 bits per heavy atom. The molecular formula is C31H34N4O3. The molecule has 7 nitrogen and oxygen atoms in total. The molecule has 0 spiro atoms. The second-order valence-electron chi connectivity index (χ2n) is 9.61. The highest BCUT2D eigenvalue weighted by atomic mass is 16.5. The Kier molecular flexibility index (Phi) is 8.16. The Labute approximate surface area is 224 Å². The average molecular weight is 511 g/mol. The number of carbonyl (C=O) groups excluding carboxylic acids is 2. The molecule has 196 valence electrons. The molecule has 3 aromatic carbocycles. The molecule has 0 radical (unpaired) electrons. The quantitative estimate of drug-likeness (QED) is 0.463. The Hall–Kier alpha value is -3.94. The van der Waals surface area contributed by atoms with E-state index in [0.717, 1.165) is 30.9 Å². The van der Waals surface area contributed by atoms with Crippen LogP contribution in [-0.2, 0) is 4.74 Å². The molecule has 3 aromatic rings. The number of methoxy groups -OCH3 is 1. The van der Waals surface area contributed by atoms with E-state index in [1.54, 1.807) is 12.0 Å². The number of rotatable bonds is 9. The highest BCUT2D eigenvalue weighted by Crippen LogP contribution is 2.34. The monoisotopic (exact) mass is 510 g/mol. The van der Waals surface area contributed by atoms with E-state index < -0.39 is 0 Å².